The Morgan fingerprint density at radius 1 is 1.50 bits per heavy atom. The van der Waals surface area contributed by atoms with Crippen LogP contribution in [0.5, 0.6) is 0 Å². The lowest BCUT2D eigenvalue weighted by Gasteiger charge is -2.09. The Morgan fingerprint density at radius 3 is 2.94 bits per heavy atom. The predicted molar refractivity (Wildman–Crippen MR) is 70.5 cm³/mol. The molecule has 0 aliphatic heterocycles. The molecule has 1 atom stereocenters. The summed E-state index contributed by atoms with van der Waals surface area (Å²) in [5.41, 5.74) is 7.80. The molecule has 0 bridgehead atoms. The summed E-state index contributed by atoms with van der Waals surface area (Å²) in [6.07, 6.45) is 0.971. The second-order valence-electron chi connectivity index (χ2n) is 4.14. The fourth-order valence-corrected chi connectivity index (χ4v) is 2.36. The lowest BCUT2D eigenvalue weighted by molar-refractivity contribution is 0.624. The molecule has 2 rings (SSSR count). The molecule has 0 aliphatic rings. The molecule has 0 amide bonds. The summed E-state index contributed by atoms with van der Waals surface area (Å²) in [4.78, 5) is 4.67. The van der Waals surface area contributed by atoms with Gasteiger partial charge in [-0.25, -0.2) is 4.98 Å². The average Bonchev–Trinajstić information content (AvgIpc) is 2.56. The highest BCUT2D eigenvalue weighted by Crippen LogP contribution is 2.24. The van der Waals surface area contributed by atoms with Crippen molar-refractivity contribution in [1.29, 1.82) is 0 Å². The van der Waals surface area contributed by atoms with Crippen LogP contribution < -0.4 is 5.73 Å². The van der Waals surface area contributed by atoms with Gasteiger partial charge in [0.2, 0.25) is 0 Å². The minimum atomic E-state index is 0.404. The van der Waals surface area contributed by atoms with Gasteiger partial charge in [0, 0.05) is 17.4 Å². The third-order valence-electron chi connectivity index (χ3n) is 2.92. The fraction of sp³-hybridized carbons (Fsp3) is 0.417. The van der Waals surface area contributed by atoms with Gasteiger partial charge >= 0.3 is 0 Å². The maximum Gasteiger partial charge on any atom is 0.112 e. The number of fused-ring (bicyclic) bond motifs is 1. The van der Waals surface area contributed by atoms with Gasteiger partial charge < -0.3 is 10.3 Å². The minimum absolute atomic E-state index is 0.404. The van der Waals surface area contributed by atoms with E-state index in [4.69, 9.17) is 5.73 Å². The van der Waals surface area contributed by atoms with Crippen LogP contribution in [0.3, 0.4) is 0 Å². The van der Waals surface area contributed by atoms with E-state index in [9.17, 15) is 0 Å². The quantitative estimate of drug-likeness (QED) is 0.940. The topological polar surface area (TPSA) is 43.8 Å². The molecule has 0 spiro atoms. The van der Waals surface area contributed by atoms with Crippen LogP contribution in [-0.2, 0) is 7.05 Å². The predicted octanol–water partition coefficient (Wildman–Crippen LogP) is 2.79. The molecule has 1 unspecified atom stereocenters. The zero-order chi connectivity index (χ0) is 11.7. The average molecular weight is 282 g/mol. The molecule has 86 valence electrons. The number of aromatic nitrogens is 2. The van der Waals surface area contributed by atoms with Crippen molar-refractivity contribution in [2.24, 2.45) is 12.8 Å². The maximum atomic E-state index is 5.59. The van der Waals surface area contributed by atoms with Crippen LogP contribution in [0.4, 0.5) is 0 Å². The molecule has 0 saturated heterocycles. The van der Waals surface area contributed by atoms with Crippen molar-refractivity contribution in [3.8, 4) is 0 Å². The number of aryl methyl sites for hydroxylation is 1. The van der Waals surface area contributed by atoms with Gasteiger partial charge in [-0.1, -0.05) is 22.9 Å². The molecule has 3 nitrogen and oxygen atoms in total. The van der Waals surface area contributed by atoms with Crippen LogP contribution in [0.2, 0.25) is 0 Å². The zero-order valence-corrected chi connectivity index (χ0v) is 11.2. The smallest absolute Gasteiger partial charge is 0.112 e. The third-order valence-corrected chi connectivity index (χ3v) is 3.41. The van der Waals surface area contributed by atoms with Gasteiger partial charge in [-0.3, -0.25) is 0 Å². The van der Waals surface area contributed by atoms with Crippen molar-refractivity contribution in [1.82, 2.24) is 9.55 Å². The lowest BCUT2D eigenvalue weighted by Crippen LogP contribution is -2.08. The minimum Gasteiger partial charge on any atom is -0.331 e. The highest BCUT2D eigenvalue weighted by Gasteiger charge is 2.13. The number of imidazole rings is 1. The van der Waals surface area contributed by atoms with Crippen LogP contribution >= 0.6 is 15.9 Å². The third kappa shape index (κ3) is 1.99. The largest absolute Gasteiger partial charge is 0.331 e. The van der Waals surface area contributed by atoms with Crippen molar-refractivity contribution in [2.45, 2.75) is 19.3 Å². The van der Waals surface area contributed by atoms with Gasteiger partial charge in [0.1, 0.15) is 5.82 Å². The summed E-state index contributed by atoms with van der Waals surface area (Å²) in [5, 5.41) is 0. The first-order chi connectivity index (χ1) is 7.63. The Labute approximate surface area is 104 Å². The molecule has 4 heteroatoms. The SMILES string of the molecule is CC(CCN)c1nc2cc(Br)ccc2n1C. The molecular weight excluding hydrogens is 266 g/mol. The van der Waals surface area contributed by atoms with E-state index < -0.39 is 0 Å². The van der Waals surface area contributed by atoms with Crippen LogP contribution in [0, 0.1) is 0 Å². The number of hydrogen-bond donors (Lipinski definition) is 1. The van der Waals surface area contributed by atoms with E-state index in [0.29, 0.717) is 12.5 Å². The molecular formula is C12H16BrN3. The maximum absolute atomic E-state index is 5.59. The number of benzene rings is 1. The highest BCUT2D eigenvalue weighted by molar-refractivity contribution is 9.10. The van der Waals surface area contributed by atoms with E-state index >= 15 is 0 Å². The van der Waals surface area contributed by atoms with Crippen molar-refractivity contribution < 1.29 is 0 Å². The molecule has 0 aliphatic carbocycles. The van der Waals surface area contributed by atoms with Gasteiger partial charge in [-0.15, -0.1) is 0 Å². The molecule has 1 aromatic heterocycles. The van der Waals surface area contributed by atoms with Gasteiger partial charge in [-0.05, 0) is 31.2 Å². The van der Waals surface area contributed by atoms with Crippen molar-refractivity contribution in [3.05, 3.63) is 28.5 Å². The Bertz CT molecular complexity index is 504. The molecule has 16 heavy (non-hydrogen) atoms. The van der Waals surface area contributed by atoms with Gasteiger partial charge in [0.15, 0.2) is 0 Å². The number of nitrogens with zero attached hydrogens (tertiary/aromatic N) is 2. The highest BCUT2D eigenvalue weighted by atomic mass is 79.9. The van der Waals surface area contributed by atoms with Crippen LogP contribution in [0.15, 0.2) is 22.7 Å². The molecule has 0 fully saturated rings. The number of rotatable bonds is 3. The standard InChI is InChI=1S/C12H16BrN3/c1-8(5-6-14)12-15-10-7-9(13)3-4-11(10)16(12)2/h3-4,7-8H,5-6,14H2,1-2H3. The van der Waals surface area contributed by atoms with E-state index in [-0.39, 0.29) is 0 Å². The number of halogens is 1. The van der Waals surface area contributed by atoms with E-state index in [1.807, 2.05) is 12.1 Å². The number of nitrogens with two attached hydrogens (primary N) is 1. The van der Waals surface area contributed by atoms with Crippen molar-refractivity contribution >= 4 is 27.0 Å². The van der Waals surface area contributed by atoms with E-state index in [1.54, 1.807) is 0 Å². The molecule has 0 radical (unpaired) electrons. The second kappa shape index (κ2) is 4.55. The normalized spacial score (nSPS) is 13.2. The van der Waals surface area contributed by atoms with Crippen molar-refractivity contribution in [2.75, 3.05) is 6.54 Å². The summed E-state index contributed by atoms with van der Waals surface area (Å²) in [6, 6.07) is 6.18. The van der Waals surface area contributed by atoms with E-state index in [0.717, 1.165) is 22.2 Å². The molecule has 2 N–H and O–H groups in total. The van der Waals surface area contributed by atoms with E-state index in [1.165, 1.54) is 5.52 Å². The monoisotopic (exact) mass is 281 g/mol. The molecule has 0 saturated carbocycles. The summed E-state index contributed by atoms with van der Waals surface area (Å²) in [6.45, 7) is 2.87. The Morgan fingerprint density at radius 2 is 2.25 bits per heavy atom. The van der Waals surface area contributed by atoms with Crippen molar-refractivity contribution in [3.63, 3.8) is 0 Å². The first-order valence-electron chi connectivity index (χ1n) is 5.45. The van der Waals surface area contributed by atoms with Crippen LogP contribution in [0.1, 0.15) is 25.1 Å². The second-order valence-corrected chi connectivity index (χ2v) is 5.06. The Kier molecular flexibility index (Phi) is 3.30. The summed E-state index contributed by atoms with van der Waals surface area (Å²) >= 11 is 3.46. The summed E-state index contributed by atoms with van der Waals surface area (Å²) in [5.74, 6) is 1.51. The number of hydrogen-bond acceptors (Lipinski definition) is 2. The van der Waals surface area contributed by atoms with Gasteiger partial charge in [0.05, 0.1) is 11.0 Å². The van der Waals surface area contributed by atoms with Gasteiger partial charge in [0.25, 0.3) is 0 Å². The fourth-order valence-electron chi connectivity index (χ4n) is 2.01. The molecule has 2 aromatic rings. The molecule has 1 aromatic carbocycles. The molecule has 1 heterocycles. The first kappa shape index (κ1) is 11.6. The van der Waals surface area contributed by atoms with Crippen LogP contribution in [-0.4, -0.2) is 16.1 Å². The Hall–Kier alpha value is -0.870. The lowest BCUT2D eigenvalue weighted by atomic mass is 10.1. The Balaban J connectivity index is 2.51. The summed E-state index contributed by atoms with van der Waals surface area (Å²) in [7, 11) is 2.06. The van der Waals surface area contributed by atoms with E-state index in [2.05, 4.69) is 45.5 Å². The summed E-state index contributed by atoms with van der Waals surface area (Å²) < 4.78 is 3.22. The first-order valence-corrected chi connectivity index (χ1v) is 6.24. The zero-order valence-electron chi connectivity index (χ0n) is 9.57. The van der Waals surface area contributed by atoms with Crippen LogP contribution in [0.25, 0.3) is 11.0 Å². The van der Waals surface area contributed by atoms with Gasteiger partial charge in [-0.2, -0.15) is 0 Å².